The molecular weight excluding hydrogens is 264 g/mol. The Kier molecular flexibility index (Phi) is 5.14. The van der Waals surface area contributed by atoms with E-state index in [0.717, 1.165) is 25.0 Å². The average molecular weight is 292 g/mol. The molecular formula is C17H28N2S. The SMILES string of the molecule is CC(CNCc1cccs1)N1CCC[C@H]2CCCC[C@H]21. The summed E-state index contributed by atoms with van der Waals surface area (Å²) in [7, 11) is 0. The van der Waals surface area contributed by atoms with E-state index >= 15 is 0 Å². The van der Waals surface area contributed by atoms with Crippen molar-refractivity contribution >= 4 is 11.3 Å². The molecule has 1 N–H and O–H groups in total. The molecule has 1 saturated carbocycles. The van der Waals surface area contributed by atoms with Gasteiger partial charge in [-0.15, -0.1) is 11.3 Å². The predicted molar refractivity (Wildman–Crippen MR) is 87.2 cm³/mol. The summed E-state index contributed by atoms with van der Waals surface area (Å²) in [6, 6.07) is 5.93. The summed E-state index contributed by atoms with van der Waals surface area (Å²) in [5.74, 6) is 0.997. The van der Waals surface area contributed by atoms with E-state index in [4.69, 9.17) is 0 Å². The lowest BCUT2D eigenvalue weighted by molar-refractivity contribution is 0.0314. The van der Waals surface area contributed by atoms with Crippen molar-refractivity contribution in [1.29, 1.82) is 0 Å². The van der Waals surface area contributed by atoms with E-state index in [2.05, 4.69) is 34.7 Å². The van der Waals surface area contributed by atoms with E-state index in [9.17, 15) is 0 Å². The third-order valence-electron chi connectivity index (χ3n) is 5.17. The first kappa shape index (κ1) is 14.6. The summed E-state index contributed by atoms with van der Waals surface area (Å²) >= 11 is 1.85. The van der Waals surface area contributed by atoms with Crippen LogP contribution in [0.4, 0.5) is 0 Å². The van der Waals surface area contributed by atoms with E-state index in [1.807, 2.05) is 11.3 Å². The molecule has 3 atom stereocenters. The maximum absolute atomic E-state index is 3.65. The van der Waals surface area contributed by atoms with Gasteiger partial charge in [-0.2, -0.15) is 0 Å². The van der Waals surface area contributed by atoms with Crippen LogP contribution in [0.25, 0.3) is 0 Å². The van der Waals surface area contributed by atoms with Crippen LogP contribution in [-0.2, 0) is 6.54 Å². The van der Waals surface area contributed by atoms with Gasteiger partial charge >= 0.3 is 0 Å². The molecule has 2 nitrogen and oxygen atoms in total. The van der Waals surface area contributed by atoms with Crippen molar-refractivity contribution in [3.05, 3.63) is 22.4 Å². The number of nitrogens with zero attached hydrogens (tertiary/aromatic N) is 1. The fourth-order valence-electron chi connectivity index (χ4n) is 4.15. The number of hydrogen-bond acceptors (Lipinski definition) is 3. The Labute approximate surface area is 127 Å². The molecule has 1 aliphatic carbocycles. The first-order valence-corrected chi connectivity index (χ1v) is 9.21. The van der Waals surface area contributed by atoms with Gasteiger partial charge in [0.05, 0.1) is 0 Å². The third kappa shape index (κ3) is 3.44. The average Bonchev–Trinajstić information content (AvgIpc) is 3.00. The van der Waals surface area contributed by atoms with Crippen molar-refractivity contribution in [2.45, 2.75) is 64.1 Å². The number of likely N-dealkylation sites (tertiary alicyclic amines) is 1. The third-order valence-corrected chi connectivity index (χ3v) is 6.05. The molecule has 1 aromatic heterocycles. The van der Waals surface area contributed by atoms with Crippen molar-refractivity contribution in [1.82, 2.24) is 10.2 Å². The second kappa shape index (κ2) is 7.06. The minimum Gasteiger partial charge on any atom is -0.310 e. The van der Waals surface area contributed by atoms with Crippen molar-refractivity contribution in [3.8, 4) is 0 Å². The second-order valence-electron chi connectivity index (χ2n) is 6.55. The fraction of sp³-hybridized carbons (Fsp3) is 0.765. The number of piperidine rings is 1. The Morgan fingerprint density at radius 1 is 1.30 bits per heavy atom. The number of nitrogens with one attached hydrogen (secondary N) is 1. The van der Waals surface area contributed by atoms with Crippen LogP contribution >= 0.6 is 11.3 Å². The highest BCUT2D eigenvalue weighted by atomic mass is 32.1. The number of rotatable bonds is 5. The van der Waals surface area contributed by atoms with Crippen LogP contribution < -0.4 is 5.32 Å². The molecule has 2 fully saturated rings. The normalized spacial score (nSPS) is 29.1. The molecule has 112 valence electrons. The molecule has 3 rings (SSSR count). The first-order valence-electron chi connectivity index (χ1n) is 8.33. The van der Waals surface area contributed by atoms with Gasteiger partial charge in [-0.05, 0) is 56.5 Å². The maximum Gasteiger partial charge on any atom is 0.0300 e. The Bertz CT molecular complexity index is 388. The molecule has 1 aromatic rings. The summed E-state index contributed by atoms with van der Waals surface area (Å²) in [5, 5.41) is 5.81. The zero-order valence-electron chi connectivity index (χ0n) is 12.7. The van der Waals surface area contributed by atoms with Gasteiger partial charge in [-0.3, -0.25) is 4.90 Å². The topological polar surface area (TPSA) is 15.3 Å². The molecule has 20 heavy (non-hydrogen) atoms. The summed E-state index contributed by atoms with van der Waals surface area (Å²) in [4.78, 5) is 4.26. The van der Waals surface area contributed by atoms with Gasteiger partial charge in [0.2, 0.25) is 0 Å². The molecule has 3 heteroatoms. The van der Waals surface area contributed by atoms with Crippen LogP contribution in [0, 0.1) is 5.92 Å². The largest absolute Gasteiger partial charge is 0.310 e. The maximum atomic E-state index is 3.65. The molecule has 0 radical (unpaired) electrons. The van der Waals surface area contributed by atoms with Gasteiger partial charge in [-0.1, -0.05) is 18.9 Å². The second-order valence-corrected chi connectivity index (χ2v) is 7.58. The Morgan fingerprint density at radius 3 is 3.00 bits per heavy atom. The van der Waals surface area contributed by atoms with Gasteiger partial charge in [0.25, 0.3) is 0 Å². The van der Waals surface area contributed by atoms with Crippen molar-refractivity contribution in [2.24, 2.45) is 5.92 Å². The summed E-state index contributed by atoms with van der Waals surface area (Å²) < 4.78 is 0. The summed E-state index contributed by atoms with van der Waals surface area (Å²) in [6.45, 7) is 5.90. The molecule has 0 aromatic carbocycles. The lowest BCUT2D eigenvalue weighted by Gasteiger charge is -2.47. The minimum absolute atomic E-state index is 0.681. The molecule has 0 amide bonds. The van der Waals surface area contributed by atoms with Crippen LogP contribution in [0.5, 0.6) is 0 Å². The quantitative estimate of drug-likeness (QED) is 0.886. The number of fused-ring (bicyclic) bond motifs is 1. The first-order chi connectivity index (χ1) is 9.84. The Morgan fingerprint density at radius 2 is 2.15 bits per heavy atom. The lowest BCUT2D eigenvalue weighted by Crippen LogP contribution is -2.53. The number of hydrogen-bond donors (Lipinski definition) is 1. The minimum atomic E-state index is 0.681. The highest BCUT2D eigenvalue weighted by molar-refractivity contribution is 7.09. The highest BCUT2D eigenvalue weighted by Crippen LogP contribution is 2.36. The molecule has 1 saturated heterocycles. The van der Waals surface area contributed by atoms with Gasteiger partial charge in [0, 0.05) is 30.1 Å². The van der Waals surface area contributed by atoms with Crippen LogP contribution in [-0.4, -0.2) is 30.1 Å². The fourth-order valence-corrected chi connectivity index (χ4v) is 4.82. The van der Waals surface area contributed by atoms with Crippen LogP contribution in [0.3, 0.4) is 0 Å². The van der Waals surface area contributed by atoms with Crippen LogP contribution in [0.2, 0.25) is 0 Å². The van der Waals surface area contributed by atoms with Crippen LogP contribution in [0.15, 0.2) is 17.5 Å². The molecule has 0 spiro atoms. The van der Waals surface area contributed by atoms with E-state index < -0.39 is 0 Å². The lowest BCUT2D eigenvalue weighted by atomic mass is 9.78. The van der Waals surface area contributed by atoms with Crippen molar-refractivity contribution in [3.63, 3.8) is 0 Å². The van der Waals surface area contributed by atoms with E-state index in [1.54, 1.807) is 0 Å². The summed E-state index contributed by atoms with van der Waals surface area (Å²) in [6.07, 6.45) is 8.75. The van der Waals surface area contributed by atoms with Gasteiger partial charge in [-0.25, -0.2) is 0 Å². The van der Waals surface area contributed by atoms with Crippen molar-refractivity contribution in [2.75, 3.05) is 13.1 Å². The van der Waals surface area contributed by atoms with Gasteiger partial charge in [0.15, 0.2) is 0 Å². The van der Waals surface area contributed by atoms with E-state index in [-0.39, 0.29) is 0 Å². The standard InChI is InChI=1S/C17H28N2S/c1-14(12-18-13-16-8-5-11-20-16)19-10-4-7-15-6-2-3-9-17(15)19/h5,8,11,14-15,17-18H,2-4,6-7,9-10,12-13H2,1H3/t14?,15-,17-/m1/s1. The summed E-state index contributed by atoms with van der Waals surface area (Å²) in [5.41, 5.74) is 0. The highest BCUT2D eigenvalue weighted by Gasteiger charge is 2.34. The van der Waals surface area contributed by atoms with Gasteiger partial charge in [0.1, 0.15) is 0 Å². The monoisotopic (exact) mass is 292 g/mol. The van der Waals surface area contributed by atoms with E-state index in [0.29, 0.717) is 6.04 Å². The molecule has 1 aliphatic heterocycles. The zero-order valence-corrected chi connectivity index (χ0v) is 13.5. The predicted octanol–water partition coefficient (Wildman–Crippen LogP) is 3.88. The molecule has 2 heterocycles. The van der Waals surface area contributed by atoms with Crippen molar-refractivity contribution < 1.29 is 0 Å². The smallest absolute Gasteiger partial charge is 0.0300 e. The van der Waals surface area contributed by atoms with Crippen LogP contribution in [0.1, 0.15) is 50.3 Å². The molecule has 0 bridgehead atoms. The Balaban J connectivity index is 1.49. The zero-order chi connectivity index (χ0) is 13.8. The Hall–Kier alpha value is -0.380. The number of thiophene rings is 1. The molecule has 2 aliphatic rings. The molecule has 1 unspecified atom stereocenters. The van der Waals surface area contributed by atoms with Gasteiger partial charge < -0.3 is 5.32 Å². The van der Waals surface area contributed by atoms with E-state index in [1.165, 1.54) is 49.9 Å².